The zero-order chi connectivity index (χ0) is 19.1. The first kappa shape index (κ1) is 21.2. The Morgan fingerprint density at radius 2 is 2.00 bits per heavy atom. The van der Waals surface area contributed by atoms with Crippen molar-refractivity contribution < 1.29 is 9.53 Å². The van der Waals surface area contributed by atoms with Crippen LogP contribution in [0.5, 0.6) is 5.75 Å². The Morgan fingerprint density at radius 1 is 1.23 bits per heavy atom. The van der Waals surface area contributed by atoms with Crippen LogP contribution in [0.3, 0.4) is 0 Å². The monoisotopic (exact) mass is 522 g/mol. The van der Waals surface area contributed by atoms with Gasteiger partial charge in [0, 0.05) is 20.7 Å². The number of aryl methyl sites for hydroxylation is 1. The molecule has 1 amide bonds. The predicted octanol–water partition coefficient (Wildman–Crippen LogP) is 5.58. The van der Waals surface area contributed by atoms with Gasteiger partial charge in [0.05, 0.1) is 11.6 Å². The van der Waals surface area contributed by atoms with Crippen LogP contribution >= 0.6 is 58.0 Å². The molecule has 0 unspecified atom stereocenters. The minimum atomic E-state index is -0.170. The topological polar surface area (TPSA) is 50.4 Å². The highest BCUT2D eigenvalue weighted by Crippen LogP contribution is 2.27. The average molecular weight is 523 g/mol. The van der Waals surface area contributed by atoms with E-state index < -0.39 is 0 Å². The van der Waals surface area contributed by atoms with Gasteiger partial charge in [-0.2, -0.15) is 0 Å². The van der Waals surface area contributed by atoms with Gasteiger partial charge in [0.2, 0.25) is 5.91 Å². The zero-order valence-corrected chi connectivity index (χ0v) is 18.4. The summed E-state index contributed by atoms with van der Waals surface area (Å²) in [5.41, 5.74) is 1.93. The molecule has 0 atom stereocenters. The molecule has 0 bridgehead atoms. The molecule has 2 aromatic carbocycles. The van der Waals surface area contributed by atoms with Crippen molar-refractivity contribution in [3.05, 3.63) is 55.6 Å². The number of amides is 1. The third-order valence-corrected chi connectivity index (χ3v) is 4.79. The van der Waals surface area contributed by atoms with E-state index in [1.165, 1.54) is 0 Å². The van der Waals surface area contributed by atoms with Crippen LogP contribution in [0.25, 0.3) is 0 Å². The summed E-state index contributed by atoms with van der Waals surface area (Å²) in [6.07, 6.45) is 0.828. The molecule has 0 spiro atoms. The highest BCUT2D eigenvalue weighted by molar-refractivity contribution is 14.1. The lowest BCUT2D eigenvalue weighted by molar-refractivity contribution is -0.119. The smallest absolute Gasteiger partial charge is 0.226 e. The molecule has 4 nitrogen and oxygen atoms in total. The number of hydrogen-bond acceptors (Lipinski definition) is 3. The Hall–Kier alpha value is -1.09. The summed E-state index contributed by atoms with van der Waals surface area (Å²) in [6, 6.07) is 11.0. The second kappa shape index (κ2) is 10.3. The first-order valence-electron chi connectivity index (χ1n) is 7.80. The van der Waals surface area contributed by atoms with E-state index in [9.17, 15) is 4.79 Å². The molecule has 0 aliphatic heterocycles. The van der Waals surface area contributed by atoms with E-state index in [1.54, 1.807) is 18.2 Å². The summed E-state index contributed by atoms with van der Waals surface area (Å²) >= 11 is 19.3. The maximum atomic E-state index is 12.0. The van der Waals surface area contributed by atoms with Crippen molar-refractivity contribution in [2.45, 2.75) is 19.8 Å². The molecule has 0 radical (unpaired) electrons. The van der Waals surface area contributed by atoms with Gasteiger partial charge in [0.1, 0.15) is 5.75 Å². The Bertz CT molecular complexity index is 818. The summed E-state index contributed by atoms with van der Waals surface area (Å²) in [5.74, 6) is 0.374. The van der Waals surface area contributed by atoms with Crippen molar-refractivity contribution in [1.29, 1.82) is 0 Å². The fourth-order valence-corrected chi connectivity index (χ4v) is 3.45. The van der Waals surface area contributed by atoms with E-state index in [2.05, 4.69) is 33.2 Å². The van der Waals surface area contributed by atoms with E-state index in [-0.39, 0.29) is 11.0 Å². The largest absolute Gasteiger partial charge is 0.492 e. The van der Waals surface area contributed by atoms with Crippen LogP contribution in [-0.4, -0.2) is 17.6 Å². The maximum absolute atomic E-state index is 12.0. The predicted molar refractivity (Wildman–Crippen MR) is 119 cm³/mol. The first-order valence-corrected chi connectivity index (χ1v) is 10.0. The van der Waals surface area contributed by atoms with E-state index >= 15 is 0 Å². The molecule has 0 aliphatic carbocycles. The van der Waals surface area contributed by atoms with Crippen LogP contribution in [0.4, 0.5) is 5.69 Å². The number of benzene rings is 2. The van der Waals surface area contributed by atoms with E-state index in [0.29, 0.717) is 35.2 Å². The normalized spacial score (nSPS) is 10.3. The Balaban J connectivity index is 1.72. The van der Waals surface area contributed by atoms with E-state index in [0.717, 1.165) is 14.8 Å². The van der Waals surface area contributed by atoms with Crippen molar-refractivity contribution in [2.75, 3.05) is 11.9 Å². The van der Waals surface area contributed by atoms with Gasteiger partial charge in [0.25, 0.3) is 0 Å². The van der Waals surface area contributed by atoms with Gasteiger partial charge in [-0.3, -0.25) is 4.79 Å². The lowest BCUT2D eigenvalue weighted by Gasteiger charge is -2.12. The van der Waals surface area contributed by atoms with Gasteiger partial charge < -0.3 is 15.4 Å². The number of hydrogen-bond donors (Lipinski definition) is 2. The summed E-state index contributed by atoms with van der Waals surface area (Å²) in [5, 5.41) is 6.97. The highest BCUT2D eigenvalue weighted by atomic mass is 127. The third kappa shape index (κ3) is 6.90. The molecule has 2 aromatic rings. The van der Waals surface area contributed by atoms with Crippen molar-refractivity contribution in [3.63, 3.8) is 0 Å². The summed E-state index contributed by atoms with van der Waals surface area (Å²) in [6.45, 7) is 2.35. The number of thiocarbonyl (C=S) groups is 1. The van der Waals surface area contributed by atoms with Gasteiger partial charge in [-0.25, -0.2) is 0 Å². The standard InChI is InChI=1S/C18H17Cl2IN2O2S/c1-11-9-13(21)5-6-15(11)22-18(26)23-17(24)3-2-8-25-16-7-4-12(19)10-14(16)20/h4-7,9-10H,2-3,8H2,1H3,(H2,22,23,24,26). The van der Waals surface area contributed by atoms with Gasteiger partial charge in [-0.05, 0) is 90.1 Å². The van der Waals surface area contributed by atoms with Crippen molar-refractivity contribution >= 4 is 74.7 Å². The fraction of sp³-hybridized carbons (Fsp3) is 0.222. The molecule has 26 heavy (non-hydrogen) atoms. The number of rotatable bonds is 6. The molecule has 0 aliphatic rings. The molecular formula is C18H17Cl2IN2O2S. The molecule has 138 valence electrons. The van der Waals surface area contributed by atoms with Crippen molar-refractivity contribution in [3.8, 4) is 5.75 Å². The molecular weight excluding hydrogens is 506 g/mol. The number of nitrogens with one attached hydrogen (secondary N) is 2. The van der Waals surface area contributed by atoms with Crippen LogP contribution in [0, 0.1) is 10.5 Å². The molecule has 0 saturated carbocycles. The van der Waals surface area contributed by atoms with Crippen LogP contribution in [0.2, 0.25) is 10.0 Å². The molecule has 0 saturated heterocycles. The van der Waals surface area contributed by atoms with Crippen molar-refractivity contribution in [1.82, 2.24) is 5.32 Å². The summed E-state index contributed by atoms with van der Waals surface area (Å²) < 4.78 is 6.69. The number of halogens is 3. The van der Waals surface area contributed by atoms with Gasteiger partial charge in [-0.1, -0.05) is 23.2 Å². The van der Waals surface area contributed by atoms with Crippen LogP contribution in [0.15, 0.2) is 36.4 Å². The lowest BCUT2D eigenvalue weighted by Crippen LogP contribution is -2.34. The Morgan fingerprint density at radius 3 is 2.69 bits per heavy atom. The van der Waals surface area contributed by atoms with Crippen LogP contribution < -0.4 is 15.4 Å². The van der Waals surface area contributed by atoms with E-state index in [1.807, 2.05) is 25.1 Å². The Kier molecular flexibility index (Phi) is 8.40. The number of carbonyl (C=O) groups excluding carboxylic acids is 1. The zero-order valence-electron chi connectivity index (χ0n) is 13.9. The maximum Gasteiger partial charge on any atom is 0.226 e. The SMILES string of the molecule is Cc1cc(I)ccc1NC(=S)NC(=O)CCCOc1ccc(Cl)cc1Cl. The molecule has 0 aromatic heterocycles. The van der Waals surface area contributed by atoms with Crippen molar-refractivity contribution in [2.24, 2.45) is 0 Å². The highest BCUT2D eigenvalue weighted by Gasteiger charge is 2.07. The second-order valence-corrected chi connectivity index (χ2v) is 7.99. The summed E-state index contributed by atoms with van der Waals surface area (Å²) in [7, 11) is 0. The molecule has 8 heteroatoms. The minimum absolute atomic E-state index is 0.170. The average Bonchev–Trinajstić information content (AvgIpc) is 2.56. The lowest BCUT2D eigenvalue weighted by atomic mass is 10.2. The first-order chi connectivity index (χ1) is 12.3. The quantitative estimate of drug-likeness (QED) is 0.295. The Labute approximate surface area is 181 Å². The van der Waals surface area contributed by atoms with Crippen LogP contribution in [-0.2, 0) is 4.79 Å². The second-order valence-electron chi connectivity index (χ2n) is 5.49. The summed E-state index contributed by atoms with van der Waals surface area (Å²) in [4.78, 5) is 12.0. The van der Waals surface area contributed by atoms with Gasteiger partial charge in [-0.15, -0.1) is 0 Å². The van der Waals surface area contributed by atoms with Crippen LogP contribution in [0.1, 0.15) is 18.4 Å². The van der Waals surface area contributed by atoms with E-state index in [4.69, 9.17) is 40.2 Å². The minimum Gasteiger partial charge on any atom is -0.492 e. The molecule has 0 heterocycles. The number of ether oxygens (including phenoxy) is 1. The molecule has 2 rings (SSSR count). The molecule has 2 N–H and O–H groups in total. The van der Waals surface area contributed by atoms with Gasteiger partial charge >= 0.3 is 0 Å². The number of carbonyl (C=O) groups is 1. The third-order valence-electron chi connectivity index (χ3n) is 3.39. The number of anilines is 1. The van der Waals surface area contributed by atoms with Gasteiger partial charge in [0.15, 0.2) is 5.11 Å². The molecule has 0 fully saturated rings. The fourth-order valence-electron chi connectivity index (χ4n) is 2.12.